The van der Waals surface area contributed by atoms with E-state index in [0.29, 0.717) is 5.13 Å². The highest BCUT2D eigenvalue weighted by Gasteiger charge is 2.18. The molecule has 4 nitrogen and oxygen atoms in total. The number of aryl methyl sites for hydroxylation is 1. The van der Waals surface area contributed by atoms with E-state index in [-0.39, 0.29) is 11.8 Å². The second-order valence-corrected chi connectivity index (χ2v) is 6.21. The van der Waals surface area contributed by atoms with Crippen LogP contribution in [0, 0.1) is 5.92 Å². The molecule has 0 aliphatic rings. The Balaban J connectivity index is 2.08. The third kappa shape index (κ3) is 3.89. The highest BCUT2D eigenvalue weighted by molar-refractivity contribution is 7.14. The summed E-state index contributed by atoms with van der Waals surface area (Å²) in [5, 5.41) is 5.31. The van der Waals surface area contributed by atoms with E-state index in [4.69, 9.17) is 5.73 Å². The van der Waals surface area contributed by atoms with E-state index in [1.807, 2.05) is 19.2 Å². The number of amides is 1. The monoisotopic (exact) mass is 303 g/mol. The fourth-order valence-electron chi connectivity index (χ4n) is 1.87. The van der Waals surface area contributed by atoms with Crippen molar-refractivity contribution in [1.29, 1.82) is 0 Å². The predicted octanol–water partition coefficient (Wildman–Crippen LogP) is 3.29. The largest absolute Gasteiger partial charge is 0.320 e. The molecule has 2 rings (SSSR count). The summed E-state index contributed by atoms with van der Waals surface area (Å²) >= 11 is 1.41. The molecular weight excluding hydrogens is 282 g/mol. The van der Waals surface area contributed by atoms with Gasteiger partial charge in [0.15, 0.2) is 5.13 Å². The smallest absolute Gasteiger partial charge is 0.243 e. The summed E-state index contributed by atoms with van der Waals surface area (Å²) in [5.41, 5.74) is 9.04. The number of nitrogens with zero attached hydrogens (tertiary/aromatic N) is 1. The summed E-state index contributed by atoms with van der Waals surface area (Å²) in [6.07, 6.45) is 1.02. The van der Waals surface area contributed by atoms with Gasteiger partial charge in [-0.2, -0.15) is 0 Å². The lowest BCUT2D eigenvalue weighted by Gasteiger charge is -2.13. The second kappa shape index (κ2) is 6.83. The lowest BCUT2D eigenvalue weighted by atomic mass is 10.1. The molecule has 1 atom stereocenters. The minimum atomic E-state index is -0.513. The highest BCUT2D eigenvalue weighted by Crippen LogP contribution is 2.25. The molecule has 0 bridgehead atoms. The van der Waals surface area contributed by atoms with Crippen LogP contribution in [0.5, 0.6) is 0 Å². The molecule has 0 fully saturated rings. The summed E-state index contributed by atoms with van der Waals surface area (Å²) in [6, 6.07) is 7.79. The van der Waals surface area contributed by atoms with Gasteiger partial charge in [-0.15, -0.1) is 11.3 Å². The van der Waals surface area contributed by atoms with Gasteiger partial charge in [-0.3, -0.25) is 4.79 Å². The topological polar surface area (TPSA) is 68.0 Å². The first kappa shape index (κ1) is 15.7. The van der Waals surface area contributed by atoms with Gasteiger partial charge in [0, 0.05) is 10.9 Å². The number of rotatable bonds is 5. The van der Waals surface area contributed by atoms with Crippen LogP contribution in [0.2, 0.25) is 0 Å². The molecule has 5 heteroatoms. The first-order valence-corrected chi connectivity index (χ1v) is 8.00. The fraction of sp³-hybridized carbons (Fsp3) is 0.375. The Morgan fingerprint density at radius 3 is 2.57 bits per heavy atom. The van der Waals surface area contributed by atoms with Gasteiger partial charge in [0.2, 0.25) is 5.91 Å². The standard InChI is InChI=1S/C16H21N3OS/c1-4-11-5-7-12(8-6-11)13-9-21-16(18-13)19-15(20)14(17)10(2)3/h5-10,14H,4,17H2,1-3H3,(H,18,19,20). The molecular formula is C16H21N3OS. The summed E-state index contributed by atoms with van der Waals surface area (Å²) in [5.74, 6) is -0.0850. The van der Waals surface area contributed by atoms with E-state index >= 15 is 0 Å². The molecule has 0 aliphatic heterocycles. The molecule has 1 unspecified atom stereocenters. The number of benzene rings is 1. The fourth-order valence-corrected chi connectivity index (χ4v) is 2.59. The van der Waals surface area contributed by atoms with Gasteiger partial charge < -0.3 is 11.1 Å². The third-order valence-corrected chi connectivity index (χ3v) is 4.17. The number of anilines is 1. The van der Waals surface area contributed by atoms with Crippen molar-refractivity contribution in [3.8, 4) is 11.3 Å². The van der Waals surface area contributed by atoms with E-state index in [1.165, 1.54) is 16.9 Å². The molecule has 0 saturated heterocycles. The number of carbonyl (C=O) groups is 1. The highest BCUT2D eigenvalue weighted by atomic mass is 32.1. The van der Waals surface area contributed by atoms with Crippen molar-refractivity contribution in [2.45, 2.75) is 33.2 Å². The number of nitrogens with two attached hydrogens (primary N) is 1. The Hall–Kier alpha value is -1.72. The second-order valence-electron chi connectivity index (χ2n) is 5.35. The summed E-state index contributed by atoms with van der Waals surface area (Å²) in [6.45, 7) is 5.98. The van der Waals surface area contributed by atoms with Crippen LogP contribution in [0.4, 0.5) is 5.13 Å². The molecule has 21 heavy (non-hydrogen) atoms. The average molecular weight is 303 g/mol. The molecule has 0 spiro atoms. The predicted molar refractivity (Wildman–Crippen MR) is 88.4 cm³/mol. The van der Waals surface area contributed by atoms with Crippen LogP contribution in [0.15, 0.2) is 29.6 Å². The minimum Gasteiger partial charge on any atom is -0.320 e. The maximum atomic E-state index is 11.9. The van der Waals surface area contributed by atoms with E-state index in [2.05, 4.69) is 41.5 Å². The zero-order valence-corrected chi connectivity index (χ0v) is 13.4. The SMILES string of the molecule is CCc1ccc(-c2csc(NC(=O)C(N)C(C)C)n2)cc1. The Morgan fingerprint density at radius 1 is 1.33 bits per heavy atom. The first-order valence-electron chi connectivity index (χ1n) is 7.12. The quantitative estimate of drug-likeness (QED) is 0.890. The van der Waals surface area contributed by atoms with Gasteiger partial charge in [-0.1, -0.05) is 45.0 Å². The minimum absolute atomic E-state index is 0.103. The van der Waals surface area contributed by atoms with E-state index in [0.717, 1.165) is 17.7 Å². The van der Waals surface area contributed by atoms with Crippen molar-refractivity contribution in [3.05, 3.63) is 35.2 Å². The van der Waals surface area contributed by atoms with E-state index in [1.54, 1.807) is 0 Å². The summed E-state index contributed by atoms with van der Waals surface area (Å²) in [7, 11) is 0. The van der Waals surface area contributed by atoms with Crippen LogP contribution < -0.4 is 11.1 Å². The molecule has 0 saturated carbocycles. The molecule has 0 radical (unpaired) electrons. The molecule has 1 amide bonds. The van der Waals surface area contributed by atoms with Crippen LogP contribution in [0.1, 0.15) is 26.3 Å². The number of nitrogens with one attached hydrogen (secondary N) is 1. The van der Waals surface area contributed by atoms with Gasteiger partial charge in [0.25, 0.3) is 0 Å². The Labute approximate surface area is 129 Å². The van der Waals surface area contributed by atoms with Gasteiger partial charge in [0.05, 0.1) is 11.7 Å². The van der Waals surface area contributed by atoms with E-state index < -0.39 is 6.04 Å². The Bertz CT molecular complexity index is 604. The summed E-state index contributed by atoms with van der Waals surface area (Å²) < 4.78 is 0. The zero-order chi connectivity index (χ0) is 15.4. The van der Waals surface area contributed by atoms with Crippen molar-refractivity contribution < 1.29 is 4.79 Å². The van der Waals surface area contributed by atoms with Gasteiger partial charge >= 0.3 is 0 Å². The molecule has 1 aromatic heterocycles. The molecule has 112 valence electrons. The van der Waals surface area contributed by atoms with Crippen LogP contribution in [-0.2, 0) is 11.2 Å². The number of hydrogen-bond donors (Lipinski definition) is 2. The normalized spacial score (nSPS) is 12.4. The lowest BCUT2D eigenvalue weighted by molar-refractivity contribution is -0.118. The molecule has 0 aliphatic carbocycles. The molecule has 1 heterocycles. The molecule has 1 aromatic carbocycles. The number of thiazole rings is 1. The first-order chi connectivity index (χ1) is 10.0. The molecule has 2 aromatic rings. The maximum absolute atomic E-state index is 11.9. The Kier molecular flexibility index (Phi) is 5.09. The molecule has 3 N–H and O–H groups in total. The zero-order valence-electron chi connectivity index (χ0n) is 12.6. The van der Waals surface area contributed by atoms with Crippen molar-refractivity contribution >= 4 is 22.4 Å². The van der Waals surface area contributed by atoms with Gasteiger partial charge in [-0.25, -0.2) is 4.98 Å². The van der Waals surface area contributed by atoms with Crippen molar-refractivity contribution in [2.75, 3.05) is 5.32 Å². The third-order valence-electron chi connectivity index (χ3n) is 3.41. The van der Waals surface area contributed by atoms with Crippen molar-refractivity contribution in [1.82, 2.24) is 4.98 Å². The lowest BCUT2D eigenvalue weighted by Crippen LogP contribution is -2.39. The van der Waals surface area contributed by atoms with Crippen LogP contribution in [0.3, 0.4) is 0 Å². The number of hydrogen-bond acceptors (Lipinski definition) is 4. The van der Waals surface area contributed by atoms with Crippen LogP contribution in [0.25, 0.3) is 11.3 Å². The van der Waals surface area contributed by atoms with Crippen molar-refractivity contribution in [2.24, 2.45) is 11.7 Å². The maximum Gasteiger partial charge on any atom is 0.243 e. The Morgan fingerprint density at radius 2 is 2.00 bits per heavy atom. The van der Waals surface area contributed by atoms with E-state index in [9.17, 15) is 4.79 Å². The van der Waals surface area contributed by atoms with Crippen LogP contribution >= 0.6 is 11.3 Å². The van der Waals surface area contributed by atoms with Gasteiger partial charge in [-0.05, 0) is 17.9 Å². The summed E-state index contributed by atoms with van der Waals surface area (Å²) in [4.78, 5) is 16.4. The van der Waals surface area contributed by atoms with Crippen LogP contribution in [-0.4, -0.2) is 16.9 Å². The number of carbonyl (C=O) groups excluding carboxylic acids is 1. The average Bonchev–Trinajstić information content (AvgIpc) is 2.94. The van der Waals surface area contributed by atoms with Gasteiger partial charge in [0.1, 0.15) is 0 Å². The number of aromatic nitrogens is 1. The van der Waals surface area contributed by atoms with Crippen molar-refractivity contribution in [3.63, 3.8) is 0 Å².